The average molecular weight is 437 g/mol. The van der Waals surface area contributed by atoms with Gasteiger partial charge in [-0.05, 0) is 48.9 Å². The summed E-state index contributed by atoms with van der Waals surface area (Å²) in [5.74, 6) is 3.50. The molecule has 3 aromatic carbocycles. The molecule has 0 saturated carbocycles. The molecule has 164 valence electrons. The number of ether oxygens (including phenoxy) is 2. The number of oxazole rings is 1. The van der Waals surface area contributed by atoms with Crippen LogP contribution in [0.5, 0.6) is 17.4 Å². The molecule has 2 aromatic heterocycles. The molecular formula is C27H23N3O3. The van der Waals surface area contributed by atoms with E-state index >= 15 is 0 Å². The molecule has 0 aliphatic rings. The Kier molecular flexibility index (Phi) is 5.89. The van der Waals surface area contributed by atoms with Gasteiger partial charge in [0, 0.05) is 17.8 Å². The van der Waals surface area contributed by atoms with E-state index in [1.165, 1.54) is 0 Å². The van der Waals surface area contributed by atoms with Crippen LogP contribution in [0.2, 0.25) is 0 Å². The SMILES string of the molecule is Cc1oc(-c2ccccc2)nc1COc1ccn(Cc2ccc(Oc3ccccc3)cc2)n1. The van der Waals surface area contributed by atoms with Crippen molar-refractivity contribution in [3.8, 4) is 28.8 Å². The Bertz CT molecular complexity index is 1310. The van der Waals surface area contributed by atoms with Gasteiger partial charge < -0.3 is 13.9 Å². The lowest BCUT2D eigenvalue weighted by molar-refractivity contribution is 0.284. The fourth-order valence-electron chi connectivity index (χ4n) is 3.39. The van der Waals surface area contributed by atoms with E-state index in [-0.39, 0.29) is 0 Å². The number of benzene rings is 3. The number of rotatable bonds is 8. The van der Waals surface area contributed by atoms with Crippen LogP contribution in [0.3, 0.4) is 0 Å². The summed E-state index contributed by atoms with van der Waals surface area (Å²) in [5, 5.41) is 4.51. The molecular weight excluding hydrogens is 414 g/mol. The first-order chi connectivity index (χ1) is 16.2. The van der Waals surface area contributed by atoms with Crippen LogP contribution in [-0.2, 0) is 13.2 Å². The average Bonchev–Trinajstić information content (AvgIpc) is 3.46. The molecule has 0 aliphatic heterocycles. The Morgan fingerprint density at radius 1 is 0.818 bits per heavy atom. The van der Waals surface area contributed by atoms with Crippen LogP contribution in [0.4, 0.5) is 0 Å². The van der Waals surface area contributed by atoms with E-state index in [2.05, 4.69) is 10.1 Å². The summed E-state index contributed by atoms with van der Waals surface area (Å²) in [7, 11) is 0. The Morgan fingerprint density at radius 2 is 1.52 bits per heavy atom. The highest BCUT2D eigenvalue weighted by molar-refractivity contribution is 5.53. The van der Waals surface area contributed by atoms with Crippen LogP contribution in [-0.4, -0.2) is 14.8 Å². The van der Waals surface area contributed by atoms with Gasteiger partial charge in [-0.3, -0.25) is 4.68 Å². The lowest BCUT2D eigenvalue weighted by Crippen LogP contribution is -2.02. The number of aryl methyl sites for hydroxylation is 1. The lowest BCUT2D eigenvalue weighted by atomic mass is 10.2. The number of hydrogen-bond donors (Lipinski definition) is 0. The maximum absolute atomic E-state index is 5.85. The van der Waals surface area contributed by atoms with Gasteiger partial charge >= 0.3 is 0 Å². The summed E-state index contributed by atoms with van der Waals surface area (Å²) in [4.78, 5) is 4.57. The summed E-state index contributed by atoms with van der Waals surface area (Å²) < 4.78 is 19.3. The van der Waals surface area contributed by atoms with Crippen molar-refractivity contribution in [2.24, 2.45) is 0 Å². The third kappa shape index (κ3) is 5.13. The van der Waals surface area contributed by atoms with Gasteiger partial charge in [-0.25, -0.2) is 4.98 Å². The molecule has 0 saturated heterocycles. The number of hydrogen-bond acceptors (Lipinski definition) is 5. The summed E-state index contributed by atoms with van der Waals surface area (Å²) in [6.07, 6.45) is 1.90. The molecule has 5 rings (SSSR count). The lowest BCUT2D eigenvalue weighted by Gasteiger charge is -2.07. The van der Waals surface area contributed by atoms with Gasteiger partial charge in [0.05, 0.1) is 6.54 Å². The van der Waals surface area contributed by atoms with Crippen LogP contribution in [0, 0.1) is 6.92 Å². The van der Waals surface area contributed by atoms with Gasteiger partial charge in [0.15, 0.2) is 0 Å². The largest absolute Gasteiger partial charge is 0.470 e. The molecule has 0 atom stereocenters. The minimum absolute atomic E-state index is 0.296. The van der Waals surface area contributed by atoms with Crippen LogP contribution >= 0.6 is 0 Å². The molecule has 0 radical (unpaired) electrons. The molecule has 0 aliphatic carbocycles. The normalized spacial score (nSPS) is 10.8. The summed E-state index contributed by atoms with van der Waals surface area (Å²) in [6.45, 7) is 2.82. The minimum atomic E-state index is 0.296. The Morgan fingerprint density at radius 3 is 2.27 bits per heavy atom. The maximum atomic E-state index is 5.85. The van der Waals surface area contributed by atoms with E-state index in [9.17, 15) is 0 Å². The minimum Gasteiger partial charge on any atom is -0.470 e. The summed E-state index contributed by atoms with van der Waals surface area (Å²) >= 11 is 0. The summed E-state index contributed by atoms with van der Waals surface area (Å²) in [5.41, 5.74) is 2.82. The van der Waals surface area contributed by atoms with E-state index in [1.807, 2.05) is 109 Å². The predicted molar refractivity (Wildman–Crippen MR) is 125 cm³/mol. The second kappa shape index (κ2) is 9.44. The van der Waals surface area contributed by atoms with Crippen molar-refractivity contribution in [2.45, 2.75) is 20.1 Å². The molecule has 33 heavy (non-hydrogen) atoms. The van der Waals surface area contributed by atoms with E-state index in [4.69, 9.17) is 13.9 Å². The second-order valence-electron chi connectivity index (χ2n) is 7.59. The van der Waals surface area contributed by atoms with Gasteiger partial charge in [0.25, 0.3) is 0 Å². The smallest absolute Gasteiger partial charge is 0.233 e. The van der Waals surface area contributed by atoms with Gasteiger partial charge in [0.1, 0.15) is 29.6 Å². The quantitative estimate of drug-likeness (QED) is 0.286. The topological polar surface area (TPSA) is 62.3 Å². The zero-order valence-electron chi connectivity index (χ0n) is 18.2. The Labute approximate surface area is 192 Å². The van der Waals surface area contributed by atoms with E-state index < -0.39 is 0 Å². The van der Waals surface area contributed by atoms with Crippen LogP contribution in [0.25, 0.3) is 11.5 Å². The first-order valence-corrected chi connectivity index (χ1v) is 10.7. The van der Waals surface area contributed by atoms with Crippen molar-refractivity contribution in [1.82, 2.24) is 14.8 Å². The number of aromatic nitrogens is 3. The Hall–Kier alpha value is -4.32. The fourth-order valence-corrected chi connectivity index (χ4v) is 3.39. The van der Waals surface area contributed by atoms with Crippen molar-refractivity contribution < 1.29 is 13.9 Å². The first-order valence-electron chi connectivity index (χ1n) is 10.7. The highest BCUT2D eigenvalue weighted by atomic mass is 16.5. The van der Waals surface area contributed by atoms with Gasteiger partial charge in [-0.15, -0.1) is 5.10 Å². The summed E-state index contributed by atoms with van der Waals surface area (Å²) in [6, 6.07) is 29.4. The van der Waals surface area contributed by atoms with Gasteiger partial charge in [-0.2, -0.15) is 0 Å². The molecule has 6 nitrogen and oxygen atoms in total. The molecule has 0 N–H and O–H groups in total. The van der Waals surface area contributed by atoms with Crippen LogP contribution < -0.4 is 9.47 Å². The third-order valence-electron chi connectivity index (χ3n) is 5.13. The van der Waals surface area contributed by atoms with Gasteiger partial charge in [-0.1, -0.05) is 48.5 Å². The van der Waals surface area contributed by atoms with Crippen molar-refractivity contribution >= 4 is 0 Å². The van der Waals surface area contributed by atoms with E-state index in [1.54, 1.807) is 0 Å². The predicted octanol–water partition coefficient (Wildman–Crippen LogP) is 6.27. The highest BCUT2D eigenvalue weighted by Crippen LogP contribution is 2.23. The van der Waals surface area contributed by atoms with E-state index in [0.717, 1.165) is 34.1 Å². The second-order valence-corrected chi connectivity index (χ2v) is 7.59. The number of para-hydroxylation sites is 1. The zero-order valence-corrected chi connectivity index (χ0v) is 18.2. The van der Waals surface area contributed by atoms with Gasteiger partial charge in [0.2, 0.25) is 11.8 Å². The van der Waals surface area contributed by atoms with E-state index in [0.29, 0.717) is 24.9 Å². The van der Waals surface area contributed by atoms with Crippen molar-refractivity contribution in [3.05, 3.63) is 114 Å². The van der Waals surface area contributed by atoms with Crippen molar-refractivity contribution in [3.63, 3.8) is 0 Å². The maximum Gasteiger partial charge on any atom is 0.233 e. The Balaban J connectivity index is 1.18. The monoisotopic (exact) mass is 437 g/mol. The highest BCUT2D eigenvalue weighted by Gasteiger charge is 2.12. The standard InChI is InChI=1S/C27H23N3O3/c1-20-25(28-27(32-20)22-8-4-2-5-9-22)19-31-26-16-17-30(29-26)18-21-12-14-24(15-13-21)33-23-10-6-3-7-11-23/h2-17H,18-19H2,1H3. The molecule has 5 aromatic rings. The molecule has 6 heteroatoms. The van der Waals surface area contributed by atoms with Crippen LogP contribution in [0.15, 0.2) is 102 Å². The zero-order chi connectivity index (χ0) is 22.5. The fraction of sp³-hybridized carbons (Fsp3) is 0.111. The first kappa shape index (κ1) is 20.6. The van der Waals surface area contributed by atoms with Crippen molar-refractivity contribution in [1.29, 1.82) is 0 Å². The third-order valence-corrected chi connectivity index (χ3v) is 5.13. The van der Waals surface area contributed by atoms with Crippen LogP contribution in [0.1, 0.15) is 17.0 Å². The molecule has 2 heterocycles. The molecule has 0 fully saturated rings. The molecule has 0 bridgehead atoms. The molecule has 0 amide bonds. The molecule has 0 spiro atoms. The number of nitrogens with zero attached hydrogens (tertiary/aromatic N) is 3. The van der Waals surface area contributed by atoms with Crippen molar-refractivity contribution in [2.75, 3.05) is 0 Å². The molecule has 0 unspecified atom stereocenters.